The maximum Gasteiger partial charge on any atom is 0.243 e. The monoisotopic (exact) mass is 322 g/mol. The largest absolute Gasteiger partial charge is 0.388 e. The van der Waals surface area contributed by atoms with Crippen molar-refractivity contribution < 1.29 is 8.42 Å². The number of hydrogen-bond donors (Lipinski definition) is 2. The molecule has 2 rings (SSSR count). The van der Waals surface area contributed by atoms with Gasteiger partial charge < -0.3 is 5.73 Å². The van der Waals surface area contributed by atoms with Crippen molar-refractivity contribution in [2.24, 2.45) is 5.73 Å². The lowest BCUT2D eigenvalue weighted by Crippen LogP contribution is -2.29. The summed E-state index contributed by atoms with van der Waals surface area (Å²) in [6.07, 6.45) is 4.65. The fraction of sp³-hybridized carbons (Fsp3) is 0.154. The predicted octanol–water partition coefficient (Wildman–Crippen LogP) is 1.15. The Morgan fingerprint density at radius 3 is 2.57 bits per heavy atom. The molecule has 2 aromatic heterocycles. The van der Waals surface area contributed by atoms with Crippen LogP contribution in [0.1, 0.15) is 24.2 Å². The number of sulfonamides is 1. The molecule has 0 aliphatic heterocycles. The molecular formula is C13H14N4O2S2. The normalized spacial score (nSPS) is 12.8. The van der Waals surface area contributed by atoms with Gasteiger partial charge in [-0.25, -0.2) is 13.1 Å². The van der Waals surface area contributed by atoms with Gasteiger partial charge in [-0.15, -0.1) is 0 Å². The Labute approximate surface area is 128 Å². The second-order valence-corrected chi connectivity index (χ2v) is 6.46. The Morgan fingerprint density at radius 1 is 1.29 bits per heavy atom. The first-order valence-electron chi connectivity index (χ1n) is 6.09. The van der Waals surface area contributed by atoms with E-state index in [0.717, 1.165) is 5.56 Å². The summed E-state index contributed by atoms with van der Waals surface area (Å²) in [5, 5.41) is 0. The van der Waals surface area contributed by atoms with Crippen molar-refractivity contribution in [2.45, 2.75) is 17.9 Å². The van der Waals surface area contributed by atoms with Crippen LogP contribution in [0.15, 0.2) is 47.8 Å². The van der Waals surface area contributed by atoms with Crippen LogP contribution in [0.25, 0.3) is 0 Å². The van der Waals surface area contributed by atoms with Gasteiger partial charge in [-0.05, 0) is 36.8 Å². The maximum absolute atomic E-state index is 12.5. The van der Waals surface area contributed by atoms with E-state index < -0.39 is 16.1 Å². The van der Waals surface area contributed by atoms with Crippen LogP contribution in [0.5, 0.6) is 0 Å². The van der Waals surface area contributed by atoms with E-state index in [4.69, 9.17) is 18.0 Å². The highest BCUT2D eigenvalue weighted by Crippen LogP contribution is 2.18. The first-order valence-corrected chi connectivity index (χ1v) is 7.98. The van der Waals surface area contributed by atoms with E-state index >= 15 is 0 Å². The average molecular weight is 322 g/mol. The molecule has 0 fully saturated rings. The molecule has 2 aromatic rings. The standard InChI is InChI=1S/C13H14N4O2S2/c1-9(10-4-7-15-8-5-10)17-21(18,19)11-3-2-6-16-12(11)13(14)20/h2-9,17H,1H3,(H2,14,20). The van der Waals surface area contributed by atoms with Crippen LogP contribution in [0, 0.1) is 0 Å². The summed E-state index contributed by atoms with van der Waals surface area (Å²) in [5.41, 5.74) is 6.41. The van der Waals surface area contributed by atoms with E-state index in [1.165, 1.54) is 18.3 Å². The van der Waals surface area contributed by atoms with Gasteiger partial charge in [-0.2, -0.15) is 0 Å². The summed E-state index contributed by atoms with van der Waals surface area (Å²) in [4.78, 5) is 7.74. The highest BCUT2D eigenvalue weighted by Gasteiger charge is 2.23. The molecule has 0 aliphatic rings. The Balaban J connectivity index is 2.34. The van der Waals surface area contributed by atoms with Gasteiger partial charge >= 0.3 is 0 Å². The highest BCUT2D eigenvalue weighted by molar-refractivity contribution is 7.89. The highest BCUT2D eigenvalue weighted by atomic mass is 32.2. The third-order valence-corrected chi connectivity index (χ3v) is 4.60. The summed E-state index contributed by atoms with van der Waals surface area (Å²) in [6.45, 7) is 1.74. The van der Waals surface area contributed by atoms with Crippen molar-refractivity contribution in [3.05, 3.63) is 54.1 Å². The SMILES string of the molecule is CC(NS(=O)(=O)c1cccnc1C(N)=S)c1ccncc1. The van der Waals surface area contributed by atoms with Crippen LogP contribution in [-0.2, 0) is 10.0 Å². The van der Waals surface area contributed by atoms with E-state index in [0.29, 0.717) is 0 Å². The molecule has 0 aliphatic carbocycles. The number of aromatic nitrogens is 2. The number of hydrogen-bond acceptors (Lipinski definition) is 5. The number of thiocarbonyl (C=S) groups is 1. The number of nitrogens with zero attached hydrogens (tertiary/aromatic N) is 2. The third-order valence-electron chi connectivity index (χ3n) is 2.83. The quantitative estimate of drug-likeness (QED) is 0.801. The van der Waals surface area contributed by atoms with Gasteiger partial charge in [0.1, 0.15) is 15.6 Å². The molecule has 0 bridgehead atoms. The Morgan fingerprint density at radius 2 is 1.95 bits per heavy atom. The molecule has 3 N–H and O–H groups in total. The van der Waals surface area contributed by atoms with Gasteiger partial charge in [-0.1, -0.05) is 12.2 Å². The molecular weight excluding hydrogens is 308 g/mol. The fourth-order valence-corrected chi connectivity index (χ4v) is 3.44. The number of rotatable bonds is 5. The molecule has 0 aromatic carbocycles. The van der Waals surface area contributed by atoms with Gasteiger partial charge in [0, 0.05) is 24.6 Å². The molecule has 0 spiro atoms. The molecule has 6 nitrogen and oxygen atoms in total. The number of nitrogens with one attached hydrogen (secondary N) is 1. The van der Waals surface area contributed by atoms with E-state index in [1.807, 2.05) is 0 Å². The Kier molecular flexibility index (Phi) is 4.61. The summed E-state index contributed by atoms with van der Waals surface area (Å²) in [6, 6.07) is 6.00. The minimum atomic E-state index is -3.78. The minimum absolute atomic E-state index is 0.0293. The lowest BCUT2D eigenvalue weighted by Gasteiger charge is -2.15. The van der Waals surface area contributed by atoms with Gasteiger partial charge in [-0.3, -0.25) is 9.97 Å². The average Bonchev–Trinajstić information content (AvgIpc) is 2.47. The Bertz CT molecular complexity index is 748. The molecule has 1 unspecified atom stereocenters. The van der Waals surface area contributed by atoms with E-state index in [-0.39, 0.29) is 15.6 Å². The van der Waals surface area contributed by atoms with Crippen molar-refractivity contribution in [1.29, 1.82) is 0 Å². The zero-order chi connectivity index (χ0) is 15.5. The van der Waals surface area contributed by atoms with Crippen LogP contribution in [0.2, 0.25) is 0 Å². The van der Waals surface area contributed by atoms with E-state index in [2.05, 4.69) is 14.7 Å². The minimum Gasteiger partial charge on any atom is -0.388 e. The molecule has 8 heteroatoms. The second kappa shape index (κ2) is 6.25. The van der Waals surface area contributed by atoms with Crippen LogP contribution < -0.4 is 10.5 Å². The first-order chi connectivity index (χ1) is 9.92. The first kappa shape index (κ1) is 15.5. The molecule has 0 amide bonds. The van der Waals surface area contributed by atoms with Crippen LogP contribution >= 0.6 is 12.2 Å². The van der Waals surface area contributed by atoms with Crippen LogP contribution in [0.3, 0.4) is 0 Å². The molecule has 21 heavy (non-hydrogen) atoms. The molecule has 110 valence electrons. The summed E-state index contributed by atoms with van der Waals surface area (Å²) < 4.78 is 27.5. The smallest absolute Gasteiger partial charge is 0.243 e. The van der Waals surface area contributed by atoms with Gasteiger partial charge in [0.25, 0.3) is 0 Å². The van der Waals surface area contributed by atoms with Crippen LogP contribution in [-0.4, -0.2) is 23.4 Å². The zero-order valence-electron chi connectivity index (χ0n) is 11.2. The second-order valence-electron chi connectivity index (χ2n) is 4.34. The molecule has 0 radical (unpaired) electrons. The molecule has 1 atom stereocenters. The molecule has 0 saturated carbocycles. The third kappa shape index (κ3) is 3.60. The summed E-state index contributed by atoms with van der Waals surface area (Å²) in [7, 11) is -3.78. The van der Waals surface area contributed by atoms with Crippen molar-refractivity contribution in [3.8, 4) is 0 Å². The van der Waals surface area contributed by atoms with Crippen molar-refractivity contribution in [1.82, 2.24) is 14.7 Å². The fourth-order valence-electron chi connectivity index (χ4n) is 1.81. The van der Waals surface area contributed by atoms with E-state index in [1.54, 1.807) is 31.5 Å². The van der Waals surface area contributed by atoms with Gasteiger partial charge in [0.2, 0.25) is 10.0 Å². The van der Waals surface area contributed by atoms with Crippen molar-refractivity contribution in [2.75, 3.05) is 0 Å². The summed E-state index contributed by atoms with van der Waals surface area (Å²) in [5.74, 6) is 0. The van der Waals surface area contributed by atoms with Gasteiger partial charge in [0.05, 0.1) is 0 Å². The Hall–Kier alpha value is -1.90. The molecule has 0 saturated heterocycles. The molecule has 2 heterocycles. The topological polar surface area (TPSA) is 98.0 Å². The predicted molar refractivity (Wildman–Crippen MR) is 83.1 cm³/mol. The van der Waals surface area contributed by atoms with Crippen molar-refractivity contribution in [3.63, 3.8) is 0 Å². The van der Waals surface area contributed by atoms with E-state index in [9.17, 15) is 8.42 Å². The summed E-state index contributed by atoms with van der Waals surface area (Å²) >= 11 is 4.84. The number of nitrogens with two attached hydrogens (primary N) is 1. The maximum atomic E-state index is 12.5. The van der Waals surface area contributed by atoms with Crippen molar-refractivity contribution >= 4 is 27.2 Å². The zero-order valence-corrected chi connectivity index (χ0v) is 12.9. The van der Waals surface area contributed by atoms with Gasteiger partial charge in [0.15, 0.2) is 0 Å². The van der Waals surface area contributed by atoms with Crippen LogP contribution in [0.4, 0.5) is 0 Å². The number of pyridine rings is 2. The lowest BCUT2D eigenvalue weighted by atomic mass is 10.1. The lowest BCUT2D eigenvalue weighted by molar-refractivity contribution is 0.566.